The molecule has 2 aliphatic heterocycles. The second kappa shape index (κ2) is 9.01. The van der Waals surface area contributed by atoms with Gasteiger partial charge in [0.1, 0.15) is 0 Å². The van der Waals surface area contributed by atoms with Crippen molar-refractivity contribution in [3.05, 3.63) is 59.2 Å². The predicted octanol–water partition coefficient (Wildman–Crippen LogP) is 4.06. The number of fused-ring (bicyclic) bond motifs is 2. The van der Waals surface area contributed by atoms with Crippen LogP contribution in [0.25, 0.3) is 6.08 Å². The molecule has 0 radical (unpaired) electrons. The maximum atomic E-state index is 12.8. The lowest BCUT2D eigenvalue weighted by Crippen LogP contribution is -2.35. The predicted molar refractivity (Wildman–Crippen MR) is 112 cm³/mol. The topological polar surface area (TPSA) is 60.0 Å². The molecule has 0 saturated carbocycles. The summed E-state index contributed by atoms with van der Waals surface area (Å²) in [5.74, 6) is 1.36. The summed E-state index contributed by atoms with van der Waals surface area (Å²) in [4.78, 5) is 18.8. The summed E-state index contributed by atoms with van der Waals surface area (Å²) in [5, 5.41) is 4.84. The van der Waals surface area contributed by atoms with E-state index in [1.165, 1.54) is 0 Å². The highest BCUT2D eigenvalue weighted by Crippen LogP contribution is 2.32. The van der Waals surface area contributed by atoms with Gasteiger partial charge in [0.15, 0.2) is 11.5 Å². The fourth-order valence-corrected chi connectivity index (χ4v) is 3.44. The Labute approximate surface area is 171 Å². The Morgan fingerprint density at radius 1 is 1.14 bits per heavy atom. The molecule has 0 atom stereocenters. The van der Waals surface area contributed by atoms with E-state index in [4.69, 9.17) is 14.3 Å². The van der Waals surface area contributed by atoms with Crippen molar-refractivity contribution in [2.24, 2.45) is 0 Å². The van der Waals surface area contributed by atoms with Crippen LogP contribution in [0.3, 0.4) is 0 Å². The quantitative estimate of drug-likeness (QED) is 0.685. The molecule has 2 aromatic carbocycles. The minimum absolute atomic E-state index is 0.0978. The van der Waals surface area contributed by atoms with Crippen LogP contribution in [0.4, 0.5) is 5.69 Å². The van der Waals surface area contributed by atoms with Gasteiger partial charge in [-0.1, -0.05) is 44.0 Å². The number of nitrogens with zero attached hydrogens (tertiary/aromatic N) is 1. The maximum absolute atomic E-state index is 12.8. The normalized spacial score (nSPS) is 14.4. The van der Waals surface area contributed by atoms with E-state index < -0.39 is 0 Å². The average Bonchev–Trinajstić information content (AvgIpc) is 3.22. The Morgan fingerprint density at radius 3 is 2.90 bits per heavy atom. The summed E-state index contributed by atoms with van der Waals surface area (Å²) >= 11 is 0. The Hall–Kier alpha value is -2.99. The van der Waals surface area contributed by atoms with Crippen LogP contribution < -0.4 is 19.9 Å². The zero-order valence-corrected chi connectivity index (χ0v) is 16.6. The van der Waals surface area contributed by atoms with Gasteiger partial charge in [-0.05, 0) is 36.3 Å². The molecule has 152 valence electrons. The highest BCUT2D eigenvalue weighted by molar-refractivity contribution is 6.00. The van der Waals surface area contributed by atoms with Crippen molar-refractivity contribution in [2.45, 2.75) is 32.7 Å². The lowest BCUT2D eigenvalue weighted by Gasteiger charge is -2.30. The zero-order valence-electron chi connectivity index (χ0n) is 16.6. The van der Waals surface area contributed by atoms with Crippen LogP contribution in [0.5, 0.6) is 11.5 Å². The Kier molecular flexibility index (Phi) is 6.00. The fourth-order valence-electron chi connectivity index (χ4n) is 3.44. The summed E-state index contributed by atoms with van der Waals surface area (Å²) in [5.41, 5.74) is 3.63. The molecule has 0 aromatic heterocycles. The number of anilines is 1. The highest BCUT2D eigenvalue weighted by atomic mass is 16.7. The number of benzene rings is 2. The van der Waals surface area contributed by atoms with Crippen LogP contribution >= 0.6 is 0 Å². The first-order valence-electron chi connectivity index (χ1n) is 10.1. The van der Waals surface area contributed by atoms with E-state index >= 15 is 0 Å². The minimum Gasteiger partial charge on any atom is -0.454 e. The van der Waals surface area contributed by atoms with E-state index in [2.05, 4.69) is 12.2 Å². The van der Waals surface area contributed by atoms with Gasteiger partial charge in [-0.25, -0.2) is 5.06 Å². The third-order valence-electron chi connectivity index (χ3n) is 5.03. The number of amides is 1. The van der Waals surface area contributed by atoms with Gasteiger partial charge in [-0.15, -0.1) is 0 Å². The van der Waals surface area contributed by atoms with Gasteiger partial charge in [0.25, 0.3) is 0 Å². The van der Waals surface area contributed by atoms with Gasteiger partial charge >= 0.3 is 0 Å². The van der Waals surface area contributed by atoms with Crippen molar-refractivity contribution >= 4 is 17.7 Å². The van der Waals surface area contributed by atoms with Crippen LogP contribution in [0, 0.1) is 0 Å². The number of rotatable bonds is 8. The Bertz CT molecular complexity index is 910. The molecular formula is C23H26N2O4. The molecule has 29 heavy (non-hydrogen) atoms. The molecule has 2 heterocycles. The van der Waals surface area contributed by atoms with Gasteiger partial charge in [0.2, 0.25) is 12.7 Å². The molecule has 0 spiro atoms. The molecule has 1 amide bonds. The van der Waals surface area contributed by atoms with Gasteiger partial charge in [-0.2, -0.15) is 0 Å². The van der Waals surface area contributed by atoms with E-state index in [0.717, 1.165) is 41.8 Å². The summed E-state index contributed by atoms with van der Waals surface area (Å²) in [6.45, 7) is 3.91. The molecule has 0 saturated heterocycles. The number of carbonyl (C=O) groups excluding carboxylic acids is 1. The molecule has 2 aliphatic rings. The average molecular weight is 394 g/mol. The summed E-state index contributed by atoms with van der Waals surface area (Å²) in [6.07, 6.45) is 5.22. The molecule has 1 N–H and O–H groups in total. The second-order valence-electron chi connectivity index (χ2n) is 7.18. The van der Waals surface area contributed by atoms with Gasteiger partial charge < -0.3 is 14.8 Å². The van der Waals surface area contributed by atoms with E-state index in [9.17, 15) is 4.79 Å². The van der Waals surface area contributed by atoms with Crippen molar-refractivity contribution in [2.75, 3.05) is 25.0 Å². The van der Waals surface area contributed by atoms with E-state index in [1.807, 2.05) is 53.6 Å². The van der Waals surface area contributed by atoms with E-state index in [0.29, 0.717) is 31.0 Å². The van der Waals surface area contributed by atoms with Crippen molar-refractivity contribution < 1.29 is 19.1 Å². The number of hydrogen-bond acceptors (Lipinski definition) is 5. The lowest BCUT2D eigenvalue weighted by atomic mass is 10.0. The third kappa shape index (κ3) is 4.54. The van der Waals surface area contributed by atoms with Gasteiger partial charge in [0.05, 0.1) is 18.8 Å². The third-order valence-corrected chi connectivity index (χ3v) is 5.03. The number of hydrogen-bond donors (Lipinski definition) is 1. The molecule has 0 aliphatic carbocycles. The highest BCUT2D eigenvalue weighted by Gasteiger charge is 2.22. The molecule has 6 nitrogen and oxygen atoms in total. The Balaban J connectivity index is 1.41. The molecule has 0 bridgehead atoms. The lowest BCUT2D eigenvalue weighted by molar-refractivity contribution is -0.117. The first-order valence-corrected chi connectivity index (χ1v) is 10.1. The number of unbranched alkanes of at least 4 members (excludes halogenated alkanes) is 2. The fraction of sp³-hybridized carbons (Fsp3) is 0.348. The largest absolute Gasteiger partial charge is 0.454 e. The molecular weight excluding hydrogens is 368 g/mol. The number of hydroxylamine groups is 1. The second-order valence-corrected chi connectivity index (χ2v) is 7.18. The van der Waals surface area contributed by atoms with Crippen molar-refractivity contribution in [1.29, 1.82) is 0 Å². The maximum Gasteiger partial charge on any atom is 0.249 e. The van der Waals surface area contributed by atoms with E-state index in [1.54, 1.807) is 0 Å². The molecule has 4 rings (SSSR count). The number of ether oxygens (including phenoxy) is 2. The van der Waals surface area contributed by atoms with Crippen LogP contribution in [0.2, 0.25) is 0 Å². The molecule has 6 heteroatoms. The summed E-state index contributed by atoms with van der Waals surface area (Å²) < 4.78 is 10.7. The van der Waals surface area contributed by atoms with Crippen LogP contribution in [-0.4, -0.2) is 25.9 Å². The summed E-state index contributed by atoms with van der Waals surface area (Å²) in [6, 6.07) is 13.7. The van der Waals surface area contributed by atoms with Crippen molar-refractivity contribution in [1.82, 2.24) is 5.32 Å². The van der Waals surface area contributed by atoms with Crippen molar-refractivity contribution in [3.63, 3.8) is 0 Å². The molecule has 0 fully saturated rings. The summed E-state index contributed by atoms with van der Waals surface area (Å²) in [7, 11) is 0. The SMILES string of the molecule is CCCCCON1CC(C(=O)NCc2ccc3c(c2)OCO3)=Cc2ccccc21. The molecule has 0 unspecified atom stereocenters. The minimum atomic E-state index is -0.0978. The van der Waals surface area contributed by atoms with Crippen LogP contribution in [-0.2, 0) is 16.2 Å². The molecule has 2 aromatic rings. The van der Waals surface area contributed by atoms with Crippen LogP contribution in [0.15, 0.2) is 48.0 Å². The number of carbonyl (C=O) groups is 1. The smallest absolute Gasteiger partial charge is 0.249 e. The Morgan fingerprint density at radius 2 is 2.00 bits per heavy atom. The van der Waals surface area contributed by atoms with Gasteiger partial charge in [0, 0.05) is 17.7 Å². The zero-order chi connectivity index (χ0) is 20.1. The van der Waals surface area contributed by atoms with Crippen LogP contribution in [0.1, 0.15) is 37.3 Å². The number of nitrogens with one attached hydrogen (secondary N) is 1. The van der Waals surface area contributed by atoms with E-state index in [-0.39, 0.29) is 12.7 Å². The van der Waals surface area contributed by atoms with Gasteiger partial charge in [-0.3, -0.25) is 9.63 Å². The first kappa shape index (κ1) is 19.3. The van der Waals surface area contributed by atoms with Crippen molar-refractivity contribution in [3.8, 4) is 11.5 Å². The first-order chi connectivity index (χ1) is 14.2. The standard InChI is InChI=1S/C23H26N2O4/c1-2-3-6-11-29-25-15-19(13-18-7-4-5-8-20(18)25)23(26)24-14-17-9-10-21-22(12-17)28-16-27-21/h4-5,7-10,12-13H,2-3,6,11,14-16H2,1H3,(H,24,26). The monoisotopic (exact) mass is 394 g/mol. The number of para-hydroxylation sites is 1.